The number of anilines is 2. The monoisotopic (exact) mass is 490 g/mol. The van der Waals surface area contributed by atoms with Crippen LogP contribution in [0.5, 0.6) is 0 Å². The predicted octanol–water partition coefficient (Wildman–Crippen LogP) is 6.81. The van der Waals surface area contributed by atoms with Crippen LogP contribution in [0.1, 0.15) is 10.4 Å². The lowest BCUT2D eigenvalue weighted by atomic mass is 10.1. The molecule has 4 aromatic rings. The number of para-hydroxylation sites is 1. The lowest BCUT2D eigenvalue weighted by Crippen LogP contribution is -2.18. The lowest BCUT2D eigenvalue weighted by Gasteiger charge is -2.13. The molecule has 4 aromatic carbocycles. The highest BCUT2D eigenvalue weighted by Gasteiger charge is 2.18. The van der Waals surface area contributed by atoms with Gasteiger partial charge in [-0.15, -0.1) is 0 Å². The Morgan fingerprint density at radius 2 is 1.29 bits per heavy atom. The molecule has 0 aliphatic heterocycles. The molecule has 0 saturated heterocycles. The van der Waals surface area contributed by atoms with E-state index in [9.17, 15) is 13.2 Å². The van der Waals surface area contributed by atoms with Crippen LogP contribution in [-0.4, -0.2) is 14.3 Å². The molecule has 0 aliphatic carbocycles. The first-order valence-corrected chi connectivity index (χ1v) is 12.0. The van der Waals surface area contributed by atoms with Gasteiger partial charge in [0.1, 0.15) is 0 Å². The van der Waals surface area contributed by atoms with Crippen LogP contribution in [0.4, 0.5) is 22.7 Å². The van der Waals surface area contributed by atoms with E-state index in [-0.39, 0.29) is 16.1 Å². The molecule has 2 N–H and O–H groups in total. The molecule has 0 saturated carbocycles. The summed E-state index contributed by atoms with van der Waals surface area (Å²) in [5, 5.41) is 11.5. The highest BCUT2D eigenvalue weighted by molar-refractivity contribution is 7.92. The molecule has 0 spiro atoms. The van der Waals surface area contributed by atoms with Crippen molar-refractivity contribution < 1.29 is 13.2 Å². The fourth-order valence-corrected chi connectivity index (χ4v) is 4.21. The van der Waals surface area contributed by atoms with Gasteiger partial charge in [-0.3, -0.25) is 9.52 Å². The number of carbonyl (C=O) groups is 1. The van der Waals surface area contributed by atoms with Gasteiger partial charge in [0.2, 0.25) is 0 Å². The summed E-state index contributed by atoms with van der Waals surface area (Å²) >= 11 is 5.84. The minimum Gasteiger partial charge on any atom is -0.322 e. The van der Waals surface area contributed by atoms with Gasteiger partial charge in [-0.2, -0.15) is 10.2 Å². The first-order valence-electron chi connectivity index (χ1n) is 10.2. The number of hydrogen-bond acceptors (Lipinski definition) is 5. The van der Waals surface area contributed by atoms with Crippen molar-refractivity contribution in [3.8, 4) is 0 Å². The number of azo groups is 1. The standard InChI is InChI=1S/C25H19ClN4O3S/c26-18-10-16-22(17-11-18)34(32,33)30-24-9-5-4-8-23(24)25(31)27-19-12-14-21(15-13-19)29-28-20-6-2-1-3-7-20/h1-17,30H,(H,27,31). The van der Waals surface area contributed by atoms with Crippen molar-refractivity contribution >= 4 is 50.3 Å². The van der Waals surface area contributed by atoms with E-state index in [0.29, 0.717) is 16.4 Å². The van der Waals surface area contributed by atoms with Crippen LogP contribution in [0.25, 0.3) is 0 Å². The van der Waals surface area contributed by atoms with E-state index in [1.165, 1.54) is 36.4 Å². The maximum atomic E-state index is 12.9. The summed E-state index contributed by atoms with van der Waals surface area (Å²) < 4.78 is 28.0. The summed E-state index contributed by atoms with van der Waals surface area (Å²) in [6.45, 7) is 0. The van der Waals surface area contributed by atoms with E-state index in [2.05, 4.69) is 20.3 Å². The molecule has 0 fully saturated rings. The Morgan fingerprint density at radius 1 is 0.706 bits per heavy atom. The van der Waals surface area contributed by atoms with E-state index < -0.39 is 15.9 Å². The number of amides is 1. The van der Waals surface area contributed by atoms with Crippen molar-refractivity contribution in [3.05, 3.63) is 114 Å². The molecule has 0 aliphatic rings. The molecule has 7 nitrogen and oxygen atoms in total. The molecular weight excluding hydrogens is 472 g/mol. The van der Waals surface area contributed by atoms with Crippen LogP contribution >= 0.6 is 11.6 Å². The van der Waals surface area contributed by atoms with Crippen LogP contribution in [0.15, 0.2) is 118 Å². The second-order valence-electron chi connectivity index (χ2n) is 7.14. The van der Waals surface area contributed by atoms with E-state index in [1.54, 1.807) is 36.4 Å². The largest absolute Gasteiger partial charge is 0.322 e. The number of hydrogen-bond donors (Lipinski definition) is 2. The third-order valence-electron chi connectivity index (χ3n) is 4.70. The molecule has 0 radical (unpaired) electrons. The Hall–Kier alpha value is -4.01. The van der Waals surface area contributed by atoms with Gasteiger partial charge in [-0.25, -0.2) is 8.42 Å². The predicted molar refractivity (Wildman–Crippen MR) is 134 cm³/mol. The zero-order chi connectivity index (χ0) is 24.0. The van der Waals surface area contributed by atoms with Crippen molar-refractivity contribution in [2.75, 3.05) is 10.0 Å². The van der Waals surface area contributed by atoms with Crippen molar-refractivity contribution in [3.63, 3.8) is 0 Å². The molecule has 0 atom stereocenters. The molecular formula is C25H19ClN4O3S. The van der Waals surface area contributed by atoms with Gasteiger partial charge in [0.25, 0.3) is 15.9 Å². The van der Waals surface area contributed by atoms with Gasteiger partial charge in [0, 0.05) is 10.7 Å². The van der Waals surface area contributed by atoms with Crippen LogP contribution in [0.2, 0.25) is 5.02 Å². The van der Waals surface area contributed by atoms with Crippen molar-refractivity contribution in [1.29, 1.82) is 0 Å². The van der Waals surface area contributed by atoms with E-state index >= 15 is 0 Å². The normalized spacial score (nSPS) is 11.3. The summed E-state index contributed by atoms with van der Waals surface area (Å²) in [7, 11) is -3.91. The molecule has 1 amide bonds. The van der Waals surface area contributed by atoms with Crippen LogP contribution in [0, 0.1) is 0 Å². The average Bonchev–Trinajstić information content (AvgIpc) is 2.84. The van der Waals surface area contributed by atoms with Crippen LogP contribution in [-0.2, 0) is 10.0 Å². The Balaban J connectivity index is 1.47. The Bertz CT molecular complexity index is 1420. The van der Waals surface area contributed by atoms with Gasteiger partial charge >= 0.3 is 0 Å². The average molecular weight is 491 g/mol. The smallest absolute Gasteiger partial charge is 0.261 e. The summed E-state index contributed by atoms with van der Waals surface area (Å²) in [4.78, 5) is 12.9. The SMILES string of the molecule is O=C(Nc1ccc(N=Nc2ccccc2)cc1)c1ccccc1NS(=O)(=O)c1ccc(Cl)cc1. The van der Waals surface area contributed by atoms with E-state index in [0.717, 1.165) is 5.69 Å². The van der Waals surface area contributed by atoms with Gasteiger partial charge in [-0.05, 0) is 72.8 Å². The summed E-state index contributed by atoms with van der Waals surface area (Å²) in [6.07, 6.45) is 0. The Kier molecular flexibility index (Phi) is 7.01. The number of nitrogens with one attached hydrogen (secondary N) is 2. The van der Waals surface area contributed by atoms with Crippen molar-refractivity contribution in [1.82, 2.24) is 0 Å². The first-order chi connectivity index (χ1) is 16.4. The molecule has 4 rings (SSSR count). The van der Waals surface area contributed by atoms with Gasteiger partial charge in [0.05, 0.1) is 27.5 Å². The molecule has 34 heavy (non-hydrogen) atoms. The number of benzene rings is 4. The summed E-state index contributed by atoms with van der Waals surface area (Å²) in [6, 6.07) is 28.3. The maximum absolute atomic E-state index is 12.9. The van der Waals surface area contributed by atoms with Gasteiger partial charge in [-0.1, -0.05) is 41.9 Å². The number of rotatable bonds is 7. The zero-order valence-corrected chi connectivity index (χ0v) is 19.3. The van der Waals surface area contributed by atoms with Gasteiger partial charge < -0.3 is 5.32 Å². The highest BCUT2D eigenvalue weighted by Crippen LogP contribution is 2.24. The number of nitrogens with zero attached hydrogens (tertiary/aromatic N) is 2. The molecule has 0 bridgehead atoms. The molecule has 0 heterocycles. The van der Waals surface area contributed by atoms with Crippen LogP contribution < -0.4 is 10.0 Å². The van der Waals surface area contributed by atoms with Crippen molar-refractivity contribution in [2.24, 2.45) is 10.2 Å². The van der Waals surface area contributed by atoms with Crippen molar-refractivity contribution in [2.45, 2.75) is 4.90 Å². The fourth-order valence-electron chi connectivity index (χ4n) is 3.01. The third kappa shape index (κ3) is 5.86. The first kappa shape index (κ1) is 23.2. The topological polar surface area (TPSA) is 100.0 Å². The quantitative estimate of drug-likeness (QED) is 0.278. The fraction of sp³-hybridized carbons (Fsp3) is 0. The number of halogens is 1. The van der Waals surface area contributed by atoms with Gasteiger partial charge in [0.15, 0.2) is 0 Å². The number of sulfonamides is 1. The number of carbonyl (C=O) groups excluding carboxylic acids is 1. The lowest BCUT2D eigenvalue weighted by molar-refractivity contribution is 0.102. The highest BCUT2D eigenvalue weighted by atomic mass is 35.5. The minimum absolute atomic E-state index is 0.0346. The zero-order valence-electron chi connectivity index (χ0n) is 17.7. The Labute approximate surface area is 202 Å². The van der Waals surface area contributed by atoms with E-state index in [4.69, 9.17) is 11.6 Å². The summed E-state index contributed by atoms with van der Waals surface area (Å²) in [5.74, 6) is -0.465. The van der Waals surface area contributed by atoms with E-state index in [1.807, 2.05) is 30.3 Å². The summed E-state index contributed by atoms with van der Waals surface area (Å²) in [5.41, 5.74) is 2.21. The second-order valence-corrected chi connectivity index (χ2v) is 9.26. The second kappa shape index (κ2) is 10.3. The Morgan fingerprint density at radius 3 is 1.97 bits per heavy atom. The minimum atomic E-state index is -3.91. The molecule has 170 valence electrons. The molecule has 9 heteroatoms. The third-order valence-corrected chi connectivity index (χ3v) is 6.34. The maximum Gasteiger partial charge on any atom is 0.261 e. The molecule has 0 unspecified atom stereocenters. The van der Waals surface area contributed by atoms with Crippen LogP contribution in [0.3, 0.4) is 0 Å². The molecule has 0 aromatic heterocycles.